The number of nitrogens with one attached hydrogen (secondary N) is 2. The van der Waals surface area contributed by atoms with E-state index in [-0.39, 0.29) is 0 Å². The lowest BCUT2D eigenvalue weighted by atomic mass is 9.90. The van der Waals surface area contributed by atoms with Gasteiger partial charge in [0.25, 0.3) is 0 Å². The van der Waals surface area contributed by atoms with Crippen LogP contribution in [0.4, 0.5) is 4.79 Å². The summed E-state index contributed by atoms with van der Waals surface area (Å²) in [5.41, 5.74) is 2.10. The van der Waals surface area contributed by atoms with E-state index in [0.29, 0.717) is 24.9 Å². The number of ether oxygens (including phenoxy) is 1. The van der Waals surface area contributed by atoms with Crippen molar-refractivity contribution in [2.24, 2.45) is 0 Å². The van der Waals surface area contributed by atoms with Crippen LogP contribution in [0.5, 0.6) is 0 Å². The molecular weight excluding hydrogens is 484 g/mol. The van der Waals surface area contributed by atoms with Crippen molar-refractivity contribution < 1.29 is 45.3 Å². The Morgan fingerprint density at radius 1 is 0.838 bits per heavy atom. The molecule has 0 radical (unpaired) electrons. The van der Waals surface area contributed by atoms with Crippen molar-refractivity contribution in [2.45, 2.75) is 48.9 Å². The van der Waals surface area contributed by atoms with Gasteiger partial charge in [0, 0.05) is 6.54 Å². The van der Waals surface area contributed by atoms with Gasteiger partial charge in [0.2, 0.25) is 0 Å². The van der Waals surface area contributed by atoms with Crippen LogP contribution in [0.15, 0.2) is 48.5 Å². The molecule has 0 saturated carbocycles. The number of rotatable bonds is 11. The third-order valence-corrected chi connectivity index (χ3v) is 6.59. The zero-order valence-electron chi connectivity index (χ0n) is 20.4. The minimum absolute atomic E-state index is 0.310. The number of hydrogen-bond donors (Lipinski definition) is 9. The minimum Gasteiger partial charge on any atom is -0.394 e. The summed E-state index contributed by atoms with van der Waals surface area (Å²) in [5, 5.41) is 72.8. The molecule has 0 bridgehead atoms. The van der Waals surface area contributed by atoms with Crippen LogP contribution >= 0.6 is 0 Å². The standard InChI is InChI=1S/C26H36N2O9/c29-12-20-21(33)22(34)23(35)24(37-20)19-3-1-2-18(11-19)10-17-6-4-16(5-7-17)8-9-27-25(36)28-26(13-30,14-31)15-32/h1-7,11,20-24,29-35H,8-10,12-15H2,(H2,27,28,36)/t20-,21-,22?,23-,24+/m1/s1. The van der Waals surface area contributed by atoms with E-state index < -0.39 is 68.5 Å². The first kappa shape index (κ1) is 29.0. The summed E-state index contributed by atoms with van der Waals surface area (Å²) in [4.78, 5) is 12.0. The summed E-state index contributed by atoms with van der Waals surface area (Å²) in [6.07, 6.45) is -4.90. The Balaban J connectivity index is 1.55. The maximum absolute atomic E-state index is 12.0. The number of amides is 2. The van der Waals surface area contributed by atoms with Gasteiger partial charge in [-0.15, -0.1) is 0 Å². The fraction of sp³-hybridized carbons (Fsp3) is 0.500. The second kappa shape index (κ2) is 13.3. The molecule has 2 amide bonds. The van der Waals surface area contributed by atoms with Crippen molar-refractivity contribution in [2.75, 3.05) is 33.0 Å². The van der Waals surface area contributed by atoms with Crippen molar-refractivity contribution >= 4 is 6.03 Å². The van der Waals surface area contributed by atoms with Gasteiger partial charge in [0.1, 0.15) is 36.1 Å². The molecule has 0 aliphatic carbocycles. The normalized spacial score (nSPS) is 24.0. The zero-order valence-corrected chi connectivity index (χ0v) is 20.4. The Kier molecular flexibility index (Phi) is 10.4. The van der Waals surface area contributed by atoms with Crippen molar-refractivity contribution in [3.05, 3.63) is 70.8 Å². The van der Waals surface area contributed by atoms with Gasteiger partial charge in [0.05, 0.1) is 26.4 Å². The number of urea groups is 1. The number of carbonyl (C=O) groups excluding carboxylic acids is 1. The highest BCUT2D eigenvalue weighted by Gasteiger charge is 2.43. The first-order valence-electron chi connectivity index (χ1n) is 12.1. The lowest BCUT2D eigenvalue weighted by molar-refractivity contribution is -0.231. The van der Waals surface area contributed by atoms with Crippen molar-refractivity contribution in [3.63, 3.8) is 0 Å². The Morgan fingerprint density at radius 3 is 2.11 bits per heavy atom. The summed E-state index contributed by atoms with van der Waals surface area (Å²) in [6.45, 7) is -1.96. The van der Waals surface area contributed by atoms with Gasteiger partial charge >= 0.3 is 6.03 Å². The number of carbonyl (C=O) groups is 1. The second-order valence-corrected chi connectivity index (χ2v) is 9.37. The Morgan fingerprint density at radius 2 is 1.49 bits per heavy atom. The molecule has 0 spiro atoms. The smallest absolute Gasteiger partial charge is 0.315 e. The van der Waals surface area contributed by atoms with Crippen LogP contribution in [0, 0.1) is 0 Å². The lowest BCUT2D eigenvalue weighted by Crippen LogP contribution is -2.59. The highest BCUT2D eigenvalue weighted by molar-refractivity contribution is 5.74. The predicted octanol–water partition coefficient (Wildman–Crippen LogP) is -1.65. The molecule has 2 aromatic rings. The van der Waals surface area contributed by atoms with Gasteiger partial charge in [-0.1, -0.05) is 48.5 Å². The highest BCUT2D eigenvalue weighted by atomic mass is 16.5. The highest BCUT2D eigenvalue weighted by Crippen LogP contribution is 2.33. The number of aliphatic hydroxyl groups excluding tert-OH is 7. The van der Waals surface area contributed by atoms with E-state index in [0.717, 1.165) is 16.7 Å². The van der Waals surface area contributed by atoms with Crippen molar-refractivity contribution in [1.29, 1.82) is 0 Å². The maximum Gasteiger partial charge on any atom is 0.315 e. The Bertz CT molecular complexity index is 990. The summed E-state index contributed by atoms with van der Waals surface area (Å²) in [6, 6.07) is 14.6. The van der Waals surface area contributed by atoms with Gasteiger partial charge in [-0.25, -0.2) is 4.79 Å². The van der Waals surface area contributed by atoms with E-state index in [9.17, 15) is 40.5 Å². The number of aliphatic hydroxyl groups is 7. The average molecular weight is 521 g/mol. The van der Waals surface area contributed by atoms with Gasteiger partial charge in [-0.3, -0.25) is 0 Å². The zero-order chi connectivity index (χ0) is 27.0. The Hall–Kier alpha value is -2.61. The fourth-order valence-corrected chi connectivity index (χ4v) is 4.19. The van der Waals surface area contributed by atoms with Gasteiger partial charge < -0.3 is 51.1 Å². The van der Waals surface area contributed by atoms with Crippen LogP contribution < -0.4 is 10.6 Å². The first-order chi connectivity index (χ1) is 17.8. The maximum atomic E-state index is 12.0. The van der Waals surface area contributed by atoms with E-state index in [4.69, 9.17) is 4.74 Å². The number of hydrogen-bond acceptors (Lipinski definition) is 9. The molecule has 2 aromatic carbocycles. The van der Waals surface area contributed by atoms with Crippen LogP contribution in [-0.2, 0) is 17.6 Å². The second-order valence-electron chi connectivity index (χ2n) is 9.37. The molecule has 1 aliphatic rings. The molecule has 1 saturated heterocycles. The van der Waals surface area contributed by atoms with Crippen molar-refractivity contribution in [1.82, 2.24) is 10.6 Å². The fourth-order valence-electron chi connectivity index (χ4n) is 4.19. The monoisotopic (exact) mass is 520 g/mol. The lowest BCUT2D eigenvalue weighted by Gasteiger charge is -2.40. The van der Waals surface area contributed by atoms with Crippen LogP contribution in [0.25, 0.3) is 0 Å². The molecule has 11 nitrogen and oxygen atoms in total. The van der Waals surface area contributed by atoms with Crippen LogP contribution in [-0.4, -0.2) is 105 Å². The van der Waals surface area contributed by atoms with Gasteiger partial charge in [-0.2, -0.15) is 0 Å². The molecule has 11 heteroatoms. The first-order valence-corrected chi connectivity index (χ1v) is 12.1. The molecule has 204 valence electrons. The van der Waals surface area contributed by atoms with Gasteiger partial charge in [0.15, 0.2) is 0 Å². The molecule has 37 heavy (non-hydrogen) atoms. The summed E-state index contributed by atoms with van der Waals surface area (Å²) >= 11 is 0. The molecular formula is C26H36N2O9. The molecule has 3 rings (SSSR count). The predicted molar refractivity (Wildman–Crippen MR) is 133 cm³/mol. The van der Waals surface area contributed by atoms with E-state index in [1.54, 1.807) is 6.07 Å². The topological polar surface area (TPSA) is 192 Å². The summed E-state index contributed by atoms with van der Waals surface area (Å²) in [5.74, 6) is 0. The molecule has 5 atom stereocenters. The third-order valence-electron chi connectivity index (χ3n) is 6.59. The van der Waals surface area contributed by atoms with Gasteiger partial charge in [-0.05, 0) is 35.1 Å². The molecule has 9 N–H and O–H groups in total. The van der Waals surface area contributed by atoms with E-state index in [2.05, 4.69) is 10.6 Å². The third kappa shape index (κ3) is 7.24. The summed E-state index contributed by atoms with van der Waals surface area (Å²) < 4.78 is 5.66. The molecule has 1 unspecified atom stereocenters. The number of benzene rings is 2. The van der Waals surface area contributed by atoms with Crippen LogP contribution in [0.1, 0.15) is 28.4 Å². The Labute approximate surface area is 215 Å². The van der Waals surface area contributed by atoms with E-state index in [1.807, 2.05) is 42.5 Å². The summed E-state index contributed by atoms with van der Waals surface area (Å²) in [7, 11) is 0. The SMILES string of the molecule is O=C(NCCc1ccc(Cc2cccc([C@@H]3O[C@H](CO)[C@@H](O)C(O)[C@H]3O)c2)cc1)NC(CO)(CO)CO. The van der Waals surface area contributed by atoms with E-state index in [1.165, 1.54) is 0 Å². The van der Waals surface area contributed by atoms with Crippen molar-refractivity contribution in [3.8, 4) is 0 Å². The molecule has 1 fully saturated rings. The quantitative estimate of drug-likeness (QED) is 0.167. The average Bonchev–Trinajstić information content (AvgIpc) is 2.92. The molecule has 1 aliphatic heterocycles. The largest absolute Gasteiger partial charge is 0.394 e. The van der Waals surface area contributed by atoms with Crippen LogP contribution in [0.2, 0.25) is 0 Å². The minimum atomic E-state index is -1.48. The molecule has 1 heterocycles. The van der Waals surface area contributed by atoms with E-state index >= 15 is 0 Å². The molecule has 0 aromatic heterocycles. The van der Waals surface area contributed by atoms with Crippen LogP contribution in [0.3, 0.4) is 0 Å².